The molecule has 3 rings (SSSR count). The van der Waals surface area contributed by atoms with E-state index in [2.05, 4.69) is 29.1 Å². The molecule has 0 fully saturated rings. The summed E-state index contributed by atoms with van der Waals surface area (Å²) in [4.78, 5) is 23.6. The lowest BCUT2D eigenvalue weighted by Gasteiger charge is -2.07. The molecule has 1 N–H and O–H groups in total. The first-order valence-electron chi connectivity index (χ1n) is 7.92. The number of carbonyl (C=O) groups is 1. The number of benzene rings is 1. The van der Waals surface area contributed by atoms with Crippen LogP contribution in [0.4, 0.5) is 10.1 Å². The number of rotatable bonds is 5. The van der Waals surface area contributed by atoms with E-state index in [-0.39, 0.29) is 17.5 Å². The van der Waals surface area contributed by atoms with E-state index >= 15 is 0 Å². The Morgan fingerprint density at radius 1 is 1.24 bits per heavy atom. The van der Waals surface area contributed by atoms with Crippen molar-refractivity contribution in [3.05, 3.63) is 46.3 Å². The molecule has 0 saturated carbocycles. The van der Waals surface area contributed by atoms with Gasteiger partial charge in [-0.25, -0.2) is 14.4 Å². The maximum absolute atomic E-state index is 12.9. The Hall–Kier alpha value is -1.99. The molecule has 0 radical (unpaired) electrons. The van der Waals surface area contributed by atoms with Gasteiger partial charge in [0, 0.05) is 22.4 Å². The van der Waals surface area contributed by atoms with Crippen molar-refractivity contribution in [3.63, 3.8) is 0 Å². The van der Waals surface area contributed by atoms with Crippen molar-refractivity contribution in [2.75, 3.05) is 11.1 Å². The van der Waals surface area contributed by atoms with Crippen LogP contribution < -0.4 is 5.32 Å². The van der Waals surface area contributed by atoms with Crippen LogP contribution in [0, 0.1) is 19.7 Å². The Kier molecular flexibility index (Phi) is 5.34. The minimum atomic E-state index is -0.328. The molecule has 0 saturated heterocycles. The number of hydrogen-bond acceptors (Lipinski definition) is 5. The molecule has 3 aromatic rings. The molecule has 2 heterocycles. The fourth-order valence-electron chi connectivity index (χ4n) is 2.38. The summed E-state index contributed by atoms with van der Waals surface area (Å²) in [6.07, 6.45) is 0.751. The summed E-state index contributed by atoms with van der Waals surface area (Å²) in [6.45, 7) is 6.15. The largest absolute Gasteiger partial charge is 0.325 e. The van der Waals surface area contributed by atoms with E-state index in [1.165, 1.54) is 34.3 Å². The van der Waals surface area contributed by atoms with Gasteiger partial charge in [0.15, 0.2) is 0 Å². The van der Waals surface area contributed by atoms with Gasteiger partial charge in [0.05, 0.1) is 5.75 Å². The van der Waals surface area contributed by atoms with Crippen LogP contribution in [0.5, 0.6) is 0 Å². The van der Waals surface area contributed by atoms with Gasteiger partial charge in [-0.2, -0.15) is 0 Å². The minimum Gasteiger partial charge on any atom is -0.325 e. The predicted molar refractivity (Wildman–Crippen MR) is 102 cm³/mol. The van der Waals surface area contributed by atoms with Crippen molar-refractivity contribution < 1.29 is 9.18 Å². The van der Waals surface area contributed by atoms with Crippen molar-refractivity contribution in [2.45, 2.75) is 32.2 Å². The summed E-state index contributed by atoms with van der Waals surface area (Å²) in [5.74, 6) is 0.549. The number of aromatic nitrogens is 2. The average molecular weight is 375 g/mol. The maximum Gasteiger partial charge on any atom is 0.234 e. The standard InChI is InChI=1S/C18H18FN3OS2/c1-4-14-21-17(16-10(2)11(3)25-18(16)22-14)24-9-15(23)20-13-7-5-12(19)6-8-13/h5-8H,4,9H2,1-3H3,(H,20,23). The zero-order valence-corrected chi connectivity index (χ0v) is 15.9. The van der Waals surface area contributed by atoms with E-state index < -0.39 is 0 Å². The van der Waals surface area contributed by atoms with E-state index in [0.717, 1.165) is 27.5 Å². The quantitative estimate of drug-likeness (QED) is 0.517. The molecule has 0 spiro atoms. The molecule has 0 aliphatic rings. The van der Waals surface area contributed by atoms with E-state index in [0.29, 0.717) is 5.69 Å². The number of hydrogen-bond donors (Lipinski definition) is 1. The highest BCUT2D eigenvalue weighted by atomic mass is 32.2. The summed E-state index contributed by atoms with van der Waals surface area (Å²) in [5.41, 5.74) is 1.75. The van der Waals surface area contributed by atoms with Gasteiger partial charge in [-0.05, 0) is 43.7 Å². The molecule has 7 heteroatoms. The minimum absolute atomic E-state index is 0.147. The van der Waals surface area contributed by atoms with Crippen LogP contribution in [0.15, 0.2) is 29.3 Å². The van der Waals surface area contributed by atoms with Gasteiger partial charge < -0.3 is 5.32 Å². The van der Waals surface area contributed by atoms with E-state index in [1.807, 2.05) is 6.92 Å². The lowest BCUT2D eigenvalue weighted by molar-refractivity contribution is -0.113. The van der Waals surface area contributed by atoms with E-state index in [1.54, 1.807) is 23.5 Å². The predicted octanol–water partition coefficient (Wildman–Crippen LogP) is 4.74. The second-order valence-corrected chi connectivity index (χ2v) is 7.77. The van der Waals surface area contributed by atoms with Gasteiger partial charge in [-0.3, -0.25) is 4.79 Å². The molecule has 130 valence electrons. The number of nitrogens with zero attached hydrogens (tertiary/aromatic N) is 2. The van der Waals surface area contributed by atoms with Crippen molar-refractivity contribution in [1.29, 1.82) is 0 Å². The molecule has 0 aliphatic carbocycles. The van der Waals surface area contributed by atoms with Crippen LogP contribution in [-0.2, 0) is 11.2 Å². The van der Waals surface area contributed by atoms with Crippen LogP contribution in [0.3, 0.4) is 0 Å². The van der Waals surface area contributed by atoms with Crippen LogP contribution in [0.2, 0.25) is 0 Å². The molecule has 4 nitrogen and oxygen atoms in total. The van der Waals surface area contributed by atoms with Gasteiger partial charge in [0.1, 0.15) is 21.5 Å². The first kappa shape index (κ1) is 17.8. The van der Waals surface area contributed by atoms with Crippen molar-refractivity contribution >= 4 is 44.9 Å². The molecule has 0 aliphatic heterocycles. The first-order valence-corrected chi connectivity index (χ1v) is 9.73. The number of thioether (sulfide) groups is 1. The Morgan fingerprint density at radius 3 is 2.64 bits per heavy atom. The Labute approximate surface area is 153 Å². The lowest BCUT2D eigenvalue weighted by atomic mass is 10.2. The number of aryl methyl sites for hydroxylation is 3. The van der Waals surface area contributed by atoms with Crippen LogP contribution >= 0.6 is 23.1 Å². The molecular weight excluding hydrogens is 357 g/mol. The molecule has 25 heavy (non-hydrogen) atoms. The number of nitrogens with one attached hydrogen (secondary N) is 1. The zero-order chi connectivity index (χ0) is 18.0. The third kappa shape index (κ3) is 3.99. The molecule has 0 unspecified atom stereocenters. The summed E-state index contributed by atoms with van der Waals surface area (Å²) in [7, 11) is 0. The Bertz CT molecular complexity index is 922. The number of carbonyl (C=O) groups excluding carboxylic acids is 1. The molecule has 1 amide bonds. The smallest absolute Gasteiger partial charge is 0.234 e. The van der Waals surface area contributed by atoms with Gasteiger partial charge in [-0.15, -0.1) is 11.3 Å². The molecule has 1 aromatic carbocycles. The number of thiophene rings is 1. The highest BCUT2D eigenvalue weighted by Crippen LogP contribution is 2.35. The number of halogens is 1. The summed E-state index contributed by atoms with van der Waals surface area (Å²) < 4.78 is 12.9. The highest BCUT2D eigenvalue weighted by Gasteiger charge is 2.15. The number of fused-ring (bicyclic) bond motifs is 1. The van der Waals surface area contributed by atoms with Crippen LogP contribution in [0.25, 0.3) is 10.2 Å². The number of amides is 1. The molecule has 2 aromatic heterocycles. The van der Waals surface area contributed by atoms with Crippen molar-refractivity contribution in [2.24, 2.45) is 0 Å². The second kappa shape index (κ2) is 7.49. The van der Waals surface area contributed by atoms with E-state index in [9.17, 15) is 9.18 Å². The first-order chi connectivity index (χ1) is 12.0. The lowest BCUT2D eigenvalue weighted by Crippen LogP contribution is -2.14. The third-order valence-corrected chi connectivity index (χ3v) is 5.90. The summed E-state index contributed by atoms with van der Waals surface area (Å²) in [5, 5.41) is 4.65. The average Bonchev–Trinajstić information content (AvgIpc) is 2.89. The summed E-state index contributed by atoms with van der Waals surface area (Å²) in [6, 6.07) is 5.73. The fourth-order valence-corrected chi connectivity index (χ4v) is 4.40. The summed E-state index contributed by atoms with van der Waals surface area (Å²) >= 11 is 3.07. The third-order valence-electron chi connectivity index (χ3n) is 3.83. The van der Waals surface area contributed by atoms with Gasteiger partial charge in [0.25, 0.3) is 0 Å². The fraction of sp³-hybridized carbons (Fsp3) is 0.278. The van der Waals surface area contributed by atoms with Gasteiger partial charge >= 0.3 is 0 Å². The van der Waals surface area contributed by atoms with Crippen LogP contribution in [0.1, 0.15) is 23.2 Å². The topological polar surface area (TPSA) is 54.9 Å². The van der Waals surface area contributed by atoms with E-state index in [4.69, 9.17) is 0 Å². The highest BCUT2D eigenvalue weighted by molar-refractivity contribution is 8.00. The van der Waals surface area contributed by atoms with Crippen molar-refractivity contribution in [3.8, 4) is 0 Å². The number of anilines is 1. The van der Waals surface area contributed by atoms with Crippen LogP contribution in [-0.4, -0.2) is 21.6 Å². The normalized spacial score (nSPS) is 11.0. The Morgan fingerprint density at radius 2 is 1.96 bits per heavy atom. The molecule has 0 bridgehead atoms. The maximum atomic E-state index is 12.9. The molecular formula is C18H18FN3OS2. The van der Waals surface area contributed by atoms with Gasteiger partial charge in [0.2, 0.25) is 5.91 Å². The monoisotopic (exact) mass is 375 g/mol. The van der Waals surface area contributed by atoms with Gasteiger partial charge in [-0.1, -0.05) is 18.7 Å². The SMILES string of the molecule is CCc1nc(SCC(=O)Nc2ccc(F)cc2)c2c(C)c(C)sc2n1. The molecule has 0 atom stereocenters. The zero-order valence-electron chi connectivity index (χ0n) is 14.2. The Balaban J connectivity index is 1.78. The second-order valence-electron chi connectivity index (χ2n) is 5.61. The van der Waals surface area contributed by atoms with Crippen molar-refractivity contribution in [1.82, 2.24) is 9.97 Å².